The van der Waals surface area contributed by atoms with E-state index < -0.39 is 11.5 Å². The van der Waals surface area contributed by atoms with E-state index in [4.69, 9.17) is 0 Å². The molecule has 0 radical (unpaired) electrons. The average Bonchev–Trinajstić information content (AvgIpc) is 2.97. The Morgan fingerprint density at radius 2 is 2.17 bits per heavy atom. The Kier molecular flexibility index (Phi) is 4.57. The van der Waals surface area contributed by atoms with Gasteiger partial charge in [-0.05, 0) is 30.4 Å². The Morgan fingerprint density at radius 1 is 1.38 bits per heavy atom. The predicted octanol–water partition coefficient (Wildman–Crippen LogP) is 1.20. The zero-order valence-corrected chi connectivity index (χ0v) is 13.8. The largest absolute Gasteiger partial charge is 0.378 e. The molecule has 0 aliphatic carbocycles. The van der Waals surface area contributed by atoms with Crippen molar-refractivity contribution in [3.05, 3.63) is 36.0 Å². The van der Waals surface area contributed by atoms with Crippen LogP contribution < -0.4 is 5.32 Å². The summed E-state index contributed by atoms with van der Waals surface area (Å²) >= 11 is 0. The van der Waals surface area contributed by atoms with E-state index in [1.807, 2.05) is 24.3 Å². The van der Waals surface area contributed by atoms with Crippen LogP contribution in [-0.4, -0.2) is 52.0 Å². The van der Waals surface area contributed by atoms with Crippen LogP contribution in [0.3, 0.4) is 0 Å². The standard InChI is InChI=1S/C18H23N3O3/c1-13(22)21-10-4-8-18(24,12-21)17(23)19-9-7-15-11-14-5-2-3-6-16(14)20-15/h2-3,5-6,11,20,24H,4,7-10,12H2,1H3,(H,19,23)/t18-/m0/s1. The van der Waals surface area contributed by atoms with Crippen molar-refractivity contribution in [1.82, 2.24) is 15.2 Å². The Balaban J connectivity index is 1.55. The molecule has 0 spiro atoms. The summed E-state index contributed by atoms with van der Waals surface area (Å²) in [6.45, 7) is 2.56. The number of hydrogen-bond donors (Lipinski definition) is 3. The number of nitrogens with one attached hydrogen (secondary N) is 2. The number of piperidine rings is 1. The number of fused-ring (bicyclic) bond motifs is 1. The summed E-state index contributed by atoms with van der Waals surface area (Å²) in [5.74, 6) is -0.511. The van der Waals surface area contributed by atoms with Crippen LogP contribution in [0, 0.1) is 0 Å². The van der Waals surface area contributed by atoms with Gasteiger partial charge in [-0.15, -0.1) is 0 Å². The van der Waals surface area contributed by atoms with Gasteiger partial charge in [-0.2, -0.15) is 0 Å². The number of rotatable bonds is 4. The highest BCUT2D eigenvalue weighted by atomic mass is 16.3. The Labute approximate surface area is 140 Å². The lowest BCUT2D eigenvalue weighted by molar-refractivity contribution is -0.150. The SMILES string of the molecule is CC(=O)N1CCC[C@@](O)(C(=O)NCCc2cc3ccccc3[nH]2)C1. The fraction of sp³-hybridized carbons (Fsp3) is 0.444. The maximum atomic E-state index is 12.3. The number of para-hydroxylation sites is 1. The summed E-state index contributed by atoms with van der Waals surface area (Å²) in [7, 11) is 0. The molecule has 6 heteroatoms. The van der Waals surface area contributed by atoms with Crippen LogP contribution in [0.1, 0.15) is 25.5 Å². The van der Waals surface area contributed by atoms with Crippen molar-refractivity contribution >= 4 is 22.7 Å². The quantitative estimate of drug-likeness (QED) is 0.788. The monoisotopic (exact) mass is 329 g/mol. The molecule has 1 aliphatic rings. The zero-order chi connectivity index (χ0) is 17.2. The number of aromatic amines is 1. The van der Waals surface area contributed by atoms with Crippen LogP contribution in [0.2, 0.25) is 0 Å². The molecule has 0 bridgehead atoms. The van der Waals surface area contributed by atoms with Crippen LogP contribution in [0.5, 0.6) is 0 Å². The van der Waals surface area contributed by atoms with Crippen LogP contribution in [0.4, 0.5) is 0 Å². The highest BCUT2D eigenvalue weighted by Crippen LogP contribution is 2.21. The lowest BCUT2D eigenvalue weighted by Gasteiger charge is -2.37. The average molecular weight is 329 g/mol. The number of carbonyl (C=O) groups excluding carboxylic acids is 2. The van der Waals surface area contributed by atoms with Gasteiger partial charge in [-0.3, -0.25) is 9.59 Å². The molecule has 1 fully saturated rings. The fourth-order valence-corrected chi connectivity index (χ4v) is 3.23. The number of hydrogen-bond acceptors (Lipinski definition) is 3. The van der Waals surface area contributed by atoms with Crippen molar-refractivity contribution in [3.8, 4) is 0 Å². The third-order valence-electron chi connectivity index (χ3n) is 4.60. The number of β-amino-alcohol motifs (C(OH)–C–C–N with tert-alkyl or cyclic N) is 1. The molecule has 1 aromatic carbocycles. The summed E-state index contributed by atoms with van der Waals surface area (Å²) in [6.07, 6.45) is 1.67. The normalized spacial score (nSPS) is 21.0. The minimum Gasteiger partial charge on any atom is -0.378 e. The van der Waals surface area contributed by atoms with Crippen molar-refractivity contribution in [3.63, 3.8) is 0 Å². The van der Waals surface area contributed by atoms with Gasteiger partial charge in [0.05, 0.1) is 6.54 Å². The lowest BCUT2D eigenvalue weighted by atomic mass is 9.91. The van der Waals surface area contributed by atoms with Gasteiger partial charge in [0, 0.05) is 37.6 Å². The summed E-state index contributed by atoms with van der Waals surface area (Å²) in [5, 5.41) is 14.5. The second-order valence-electron chi connectivity index (χ2n) is 6.46. The van der Waals surface area contributed by atoms with Gasteiger partial charge in [0.2, 0.25) is 5.91 Å². The van der Waals surface area contributed by atoms with Crippen molar-refractivity contribution in [2.45, 2.75) is 31.8 Å². The number of aromatic nitrogens is 1. The third-order valence-corrected chi connectivity index (χ3v) is 4.60. The van der Waals surface area contributed by atoms with Gasteiger partial charge in [0.25, 0.3) is 5.91 Å². The van der Waals surface area contributed by atoms with E-state index in [0.29, 0.717) is 32.4 Å². The number of likely N-dealkylation sites (tertiary alicyclic amines) is 1. The van der Waals surface area contributed by atoms with E-state index in [0.717, 1.165) is 16.6 Å². The molecular weight excluding hydrogens is 306 g/mol. The number of carbonyl (C=O) groups is 2. The molecule has 1 aliphatic heterocycles. The molecule has 1 aromatic heterocycles. The van der Waals surface area contributed by atoms with E-state index >= 15 is 0 Å². The lowest BCUT2D eigenvalue weighted by Crippen LogP contribution is -2.58. The summed E-state index contributed by atoms with van der Waals surface area (Å²) < 4.78 is 0. The minimum absolute atomic E-state index is 0.0700. The topological polar surface area (TPSA) is 85.4 Å². The Hall–Kier alpha value is -2.34. The summed E-state index contributed by atoms with van der Waals surface area (Å²) in [5.41, 5.74) is 0.629. The molecule has 0 saturated carbocycles. The van der Waals surface area contributed by atoms with Crippen molar-refractivity contribution in [1.29, 1.82) is 0 Å². The molecule has 2 amide bonds. The minimum atomic E-state index is -1.48. The molecule has 0 unspecified atom stereocenters. The van der Waals surface area contributed by atoms with Crippen LogP contribution in [-0.2, 0) is 16.0 Å². The van der Waals surface area contributed by atoms with Crippen molar-refractivity contribution in [2.75, 3.05) is 19.6 Å². The molecule has 3 N–H and O–H groups in total. The highest BCUT2D eigenvalue weighted by molar-refractivity contribution is 5.86. The van der Waals surface area contributed by atoms with E-state index in [1.54, 1.807) is 0 Å². The molecule has 128 valence electrons. The number of amides is 2. The second kappa shape index (κ2) is 6.65. The molecule has 1 saturated heterocycles. The van der Waals surface area contributed by atoms with Gasteiger partial charge < -0.3 is 20.3 Å². The maximum absolute atomic E-state index is 12.3. The van der Waals surface area contributed by atoms with Gasteiger partial charge >= 0.3 is 0 Å². The fourth-order valence-electron chi connectivity index (χ4n) is 3.23. The van der Waals surface area contributed by atoms with Crippen molar-refractivity contribution in [2.24, 2.45) is 0 Å². The van der Waals surface area contributed by atoms with Gasteiger partial charge in [-0.25, -0.2) is 0 Å². The van der Waals surface area contributed by atoms with Gasteiger partial charge in [0.1, 0.15) is 0 Å². The number of nitrogens with zero attached hydrogens (tertiary/aromatic N) is 1. The van der Waals surface area contributed by atoms with E-state index in [9.17, 15) is 14.7 Å². The second-order valence-corrected chi connectivity index (χ2v) is 6.46. The maximum Gasteiger partial charge on any atom is 0.253 e. The first-order valence-corrected chi connectivity index (χ1v) is 8.31. The molecule has 2 heterocycles. The number of H-pyrrole nitrogens is 1. The molecule has 2 aromatic rings. The number of aliphatic hydroxyl groups is 1. The third kappa shape index (κ3) is 3.43. The molecule has 6 nitrogen and oxygen atoms in total. The first-order chi connectivity index (χ1) is 11.5. The molecule has 3 rings (SSSR count). The molecule has 24 heavy (non-hydrogen) atoms. The van der Waals surface area contributed by atoms with E-state index in [1.165, 1.54) is 11.8 Å². The van der Waals surface area contributed by atoms with E-state index in [-0.39, 0.29) is 12.5 Å². The number of benzene rings is 1. The summed E-state index contributed by atoms with van der Waals surface area (Å²) in [4.78, 5) is 28.7. The van der Waals surface area contributed by atoms with Crippen LogP contribution in [0.25, 0.3) is 10.9 Å². The predicted molar refractivity (Wildman–Crippen MR) is 91.5 cm³/mol. The first-order valence-electron chi connectivity index (χ1n) is 8.31. The Morgan fingerprint density at radius 3 is 2.92 bits per heavy atom. The molecule has 1 atom stereocenters. The van der Waals surface area contributed by atoms with Gasteiger partial charge in [0.15, 0.2) is 5.60 Å². The van der Waals surface area contributed by atoms with Crippen LogP contribution >= 0.6 is 0 Å². The van der Waals surface area contributed by atoms with E-state index in [2.05, 4.69) is 16.4 Å². The summed E-state index contributed by atoms with van der Waals surface area (Å²) in [6, 6.07) is 10.1. The zero-order valence-electron chi connectivity index (χ0n) is 13.8. The van der Waals surface area contributed by atoms with Crippen LogP contribution in [0.15, 0.2) is 30.3 Å². The van der Waals surface area contributed by atoms with Gasteiger partial charge in [-0.1, -0.05) is 18.2 Å². The Bertz CT molecular complexity index is 722. The van der Waals surface area contributed by atoms with Crippen molar-refractivity contribution < 1.29 is 14.7 Å². The highest BCUT2D eigenvalue weighted by Gasteiger charge is 2.40. The first kappa shape index (κ1) is 16.5. The molecular formula is C18H23N3O3. The smallest absolute Gasteiger partial charge is 0.253 e.